The lowest BCUT2D eigenvalue weighted by atomic mass is 9.93. The Morgan fingerprint density at radius 1 is 0.400 bits per heavy atom. The van der Waals surface area contributed by atoms with Gasteiger partial charge in [0.15, 0.2) is 0 Å². The molecule has 0 fully saturated rings. The van der Waals surface area contributed by atoms with Crippen LogP contribution in [0.25, 0.3) is 94.1 Å². The Morgan fingerprint density at radius 3 is 1.67 bits per heavy atom. The van der Waals surface area contributed by atoms with Crippen LogP contribution in [0.2, 0.25) is 0 Å². The summed E-state index contributed by atoms with van der Waals surface area (Å²) in [6, 6.07) is 54.2. The first-order valence-corrected chi connectivity index (χ1v) is 15.4. The first kappa shape index (κ1) is 24.4. The molecule has 0 saturated carbocycles. The van der Waals surface area contributed by atoms with Gasteiger partial charge >= 0.3 is 0 Å². The third kappa shape index (κ3) is 3.46. The van der Waals surface area contributed by atoms with Gasteiger partial charge in [0.2, 0.25) is 5.95 Å². The van der Waals surface area contributed by atoms with Crippen molar-refractivity contribution in [1.29, 1.82) is 0 Å². The van der Waals surface area contributed by atoms with Crippen LogP contribution in [0, 0.1) is 0 Å². The van der Waals surface area contributed by atoms with Crippen molar-refractivity contribution >= 4 is 43.5 Å². The predicted octanol–water partition coefficient (Wildman–Crippen LogP) is 10.9. The first-order valence-electron chi connectivity index (χ1n) is 15.4. The minimum Gasteiger partial charge on any atom is -0.278 e. The zero-order valence-corrected chi connectivity index (χ0v) is 24.3. The summed E-state index contributed by atoms with van der Waals surface area (Å²) in [5.41, 5.74) is 12.5. The minimum atomic E-state index is 0.676. The van der Waals surface area contributed by atoms with Crippen molar-refractivity contribution in [3.63, 3.8) is 0 Å². The predicted molar refractivity (Wildman–Crippen MR) is 187 cm³/mol. The molecule has 1 aliphatic carbocycles. The van der Waals surface area contributed by atoms with Gasteiger partial charge in [0.25, 0.3) is 0 Å². The van der Waals surface area contributed by atoms with Crippen molar-refractivity contribution < 1.29 is 0 Å². The van der Waals surface area contributed by atoms with Gasteiger partial charge in [-0.2, -0.15) is 0 Å². The number of fused-ring (bicyclic) bond motifs is 3. The number of para-hydroxylation sites is 1. The fourth-order valence-electron chi connectivity index (χ4n) is 7.42. The number of hydrogen-bond acceptors (Lipinski definition) is 2. The number of nitrogens with zero attached hydrogens (tertiary/aromatic N) is 3. The molecule has 0 aliphatic heterocycles. The maximum absolute atomic E-state index is 5.39. The summed E-state index contributed by atoms with van der Waals surface area (Å²) in [5, 5.41) is 6.10. The number of aromatic nitrogens is 3. The van der Waals surface area contributed by atoms with Gasteiger partial charge in [0.05, 0.1) is 22.2 Å². The largest absolute Gasteiger partial charge is 0.278 e. The van der Waals surface area contributed by atoms with Crippen molar-refractivity contribution in [2.24, 2.45) is 0 Å². The van der Waals surface area contributed by atoms with Crippen LogP contribution in [0.5, 0.6) is 0 Å². The molecule has 10 rings (SSSR count). The molecule has 0 spiro atoms. The molecule has 3 nitrogen and oxygen atoms in total. The summed E-state index contributed by atoms with van der Waals surface area (Å²) in [7, 11) is 0. The molecule has 0 atom stereocenters. The number of hydrogen-bond donors (Lipinski definition) is 0. The van der Waals surface area contributed by atoms with Gasteiger partial charge in [-0.05, 0) is 68.4 Å². The lowest BCUT2D eigenvalue weighted by molar-refractivity contribution is 1.01. The van der Waals surface area contributed by atoms with Crippen LogP contribution in [0.4, 0.5) is 0 Å². The first-order chi connectivity index (χ1) is 22.3. The van der Waals surface area contributed by atoms with Crippen molar-refractivity contribution in [3.05, 3.63) is 152 Å². The zero-order chi connectivity index (χ0) is 29.5. The molecule has 0 radical (unpaired) electrons. The van der Waals surface area contributed by atoms with Crippen LogP contribution in [-0.4, -0.2) is 14.5 Å². The van der Waals surface area contributed by atoms with Gasteiger partial charge in [0, 0.05) is 21.7 Å². The van der Waals surface area contributed by atoms with Crippen LogP contribution in [0.3, 0.4) is 0 Å². The molecule has 45 heavy (non-hydrogen) atoms. The monoisotopic (exact) mass is 571 g/mol. The van der Waals surface area contributed by atoms with E-state index in [1.54, 1.807) is 0 Å². The molecule has 9 aromatic rings. The molecule has 7 aromatic carbocycles. The van der Waals surface area contributed by atoms with E-state index in [2.05, 4.69) is 156 Å². The summed E-state index contributed by atoms with van der Waals surface area (Å²) < 4.78 is 2.27. The van der Waals surface area contributed by atoms with Crippen LogP contribution < -0.4 is 0 Å². The molecule has 2 aromatic heterocycles. The van der Waals surface area contributed by atoms with E-state index < -0.39 is 0 Å². The van der Waals surface area contributed by atoms with Gasteiger partial charge < -0.3 is 0 Å². The smallest absolute Gasteiger partial charge is 0.235 e. The minimum absolute atomic E-state index is 0.676. The molecule has 0 bridgehead atoms. The average molecular weight is 572 g/mol. The number of benzene rings is 7. The van der Waals surface area contributed by atoms with Crippen molar-refractivity contribution in [1.82, 2.24) is 14.5 Å². The molecule has 0 N–H and O–H groups in total. The SMILES string of the molecule is c1ccc(-c2cccc(-c3nc(-n4c5cccc6c5c5c(cccc54)-c4cccc5cccc-6c45)nc4ccccc34)c2)cc1. The van der Waals surface area contributed by atoms with Crippen molar-refractivity contribution in [3.8, 4) is 50.6 Å². The van der Waals surface area contributed by atoms with Gasteiger partial charge in [-0.1, -0.05) is 127 Å². The highest BCUT2D eigenvalue weighted by Gasteiger charge is 2.25. The Balaban J connectivity index is 1.30. The third-order valence-corrected chi connectivity index (χ3v) is 9.34. The third-order valence-electron chi connectivity index (χ3n) is 9.34. The zero-order valence-electron chi connectivity index (χ0n) is 24.3. The van der Waals surface area contributed by atoms with E-state index in [4.69, 9.17) is 9.97 Å². The van der Waals surface area contributed by atoms with E-state index in [0.29, 0.717) is 5.95 Å². The highest BCUT2D eigenvalue weighted by atomic mass is 15.2. The Morgan fingerprint density at radius 2 is 0.956 bits per heavy atom. The fraction of sp³-hybridized carbons (Fsp3) is 0. The number of rotatable bonds is 3. The molecule has 3 heteroatoms. The Kier molecular flexibility index (Phi) is 5.00. The summed E-state index contributed by atoms with van der Waals surface area (Å²) in [6.45, 7) is 0. The van der Waals surface area contributed by atoms with Crippen LogP contribution >= 0.6 is 0 Å². The molecule has 2 heterocycles. The molecule has 0 amide bonds. The quantitative estimate of drug-likeness (QED) is 0.211. The van der Waals surface area contributed by atoms with E-state index in [9.17, 15) is 0 Å². The molecule has 208 valence electrons. The van der Waals surface area contributed by atoms with E-state index in [1.165, 1.54) is 54.9 Å². The van der Waals surface area contributed by atoms with E-state index in [1.807, 2.05) is 0 Å². The molecule has 1 aliphatic rings. The topological polar surface area (TPSA) is 30.7 Å². The van der Waals surface area contributed by atoms with Gasteiger partial charge in [-0.15, -0.1) is 0 Å². The summed E-state index contributed by atoms with van der Waals surface area (Å²) in [6.07, 6.45) is 0. The van der Waals surface area contributed by atoms with E-state index >= 15 is 0 Å². The molecular formula is C42H25N3. The van der Waals surface area contributed by atoms with Crippen molar-refractivity contribution in [2.75, 3.05) is 0 Å². The van der Waals surface area contributed by atoms with Crippen LogP contribution in [0.1, 0.15) is 0 Å². The van der Waals surface area contributed by atoms with Gasteiger partial charge in [-0.3, -0.25) is 4.57 Å². The second kappa shape index (κ2) is 9.22. The Bertz CT molecular complexity index is 2550. The van der Waals surface area contributed by atoms with E-state index in [0.717, 1.165) is 33.2 Å². The maximum atomic E-state index is 5.39. The van der Waals surface area contributed by atoms with Crippen LogP contribution in [-0.2, 0) is 0 Å². The van der Waals surface area contributed by atoms with E-state index in [-0.39, 0.29) is 0 Å². The fourth-order valence-corrected chi connectivity index (χ4v) is 7.42. The van der Waals surface area contributed by atoms with Gasteiger partial charge in [0.1, 0.15) is 0 Å². The highest BCUT2D eigenvalue weighted by Crippen LogP contribution is 2.49. The molecular weight excluding hydrogens is 546 g/mol. The lowest BCUT2D eigenvalue weighted by Crippen LogP contribution is -2.03. The molecule has 0 saturated heterocycles. The van der Waals surface area contributed by atoms with Gasteiger partial charge in [-0.25, -0.2) is 9.97 Å². The summed E-state index contributed by atoms with van der Waals surface area (Å²) in [4.78, 5) is 10.6. The Hall–Kier alpha value is -6.06. The Labute approximate surface area is 259 Å². The second-order valence-electron chi connectivity index (χ2n) is 11.8. The highest BCUT2D eigenvalue weighted by molar-refractivity contribution is 6.27. The maximum Gasteiger partial charge on any atom is 0.235 e. The lowest BCUT2D eigenvalue weighted by Gasteiger charge is -2.14. The van der Waals surface area contributed by atoms with Crippen LogP contribution in [0.15, 0.2) is 152 Å². The van der Waals surface area contributed by atoms with Crippen molar-refractivity contribution in [2.45, 2.75) is 0 Å². The summed E-state index contributed by atoms with van der Waals surface area (Å²) >= 11 is 0. The average Bonchev–Trinajstić information content (AvgIpc) is 3.39. The second-order valence-corrected chi connectivity index (χ2v) is 11.8. The molecule has 0 unspecified atom stereocenters. The standard InChI is InChI=1S/C42H25N3/c1-2-11-26(12-3-1)28-15-6-16-29(25-28)41-34-17-4-5-22-35(34)43-42(44-41)45-36-23-9-20-32-30-18-7-13-27-14-8-19-31(38(27)30)33-21-10-24-37(45)40(33)39(32)36/h1-25H. The summed E-state index contributed by atoms with van der Waals surface area (Å²) in [5.74, 6) is 0.676. The normalized spacial score (nSPS) is 12.0.